The number of amides is 1. The van der Waals surface area contributed by atoms with Gasteiger partial charge in [-0.2, -0.15) is 0 Å². The molecule has 0 aliphatic heterocycles. The third kappa shape index (κ3) is 4.26. The Hall–Kier alpha value is -2.64. The van der Waals surface area contributed by atoms with E-state index in [9.17, 15) is 24.8 Å². The minimum Gasteiger partial charge on any atom is -0.478 e. The first-order valence-corrected chi connectivity index (χ1v) is 7.74. The number of carbonyl (C=O) groups is 2. The van der Waals surface area contributed by atoms with Crippen LogP contribution in [0.15, 0.2) is 36.4 Å². The molecule has 25 heavy (non-hydrogen) atoms. The topological polar surface area (TPSA) is 110 Å². The fourth-order valence-corrected chi connectivity index (χ4v) is 2.74. The van der Waals surface area contributed by atoms with E-state index in [2.05, 4.69) is 5.32 Å². The Balaban J connectivity index is 2.27. The van der Waals surface area contributed by atoms with Gasteiger partial charge >= 0.3 is 5.97 Å². The van der Waals surface area contributed by atoms with Crippen LogP contribution in [0.3, 0.4) is 0 Å². The number of hydrogen-bond acceptors (Lipinski definition) is 4. The number of carbonyl (C=O) groups excluding carboxylic acids is 1. The first-order valence-electron chi connectivity index (χ1n) is 6.98. The molecule has 0 saturated carbocycles. The molecule has 0 radical (unpaired) electrons. The molecule has 130 valence electrons. The van der Waals surface area contributed by atoms with Crippen LogP contribution >= 0.6 is 23.2 Å². The first-order chi connectivity index (χ1) is 11.7. The van der Waals surface area contributed by atoms with E-state index < -0.39 is 22.7 Å². The minimum absolute atomic E-state index is 0.0243. The maximum absolute atomic E-state index is 12.4. The van der Waals surface area contributed by atoms with Gasteiger partial charge in [-0.25, -0.2) is 4.79 Å². The molecule has 1 atom stereocenters. The van der Waals surface area contributed by atoms with Gasteiger partial charge < -0.3 is 10.4 Å². The van der Waals surface area contributed by atoms with Crippen molar-refractivity contribution in [1.82, 2.24) is 0 Å². The van der Waals surface area contributed by atoms with Crippen molar-refractivity contribution in [2.75, 3.05) is 5.32 Å². The van der Waals surface area contributed by atoms with Crippen molar-refractivity contribution in [3.05, 3.63) is 67.7 Å². The summed E-state index contributed by atoms with van der Waals surface area (Å²) in [5.74, 6) is -2.49. The van der Waals surface area contributed by atoms with Crippen molar-refractivity contribution in [1.29, 1.82) is 0 Å². The highest BCUT2D eigenvalue weighted by Gasteiger charge is 2.21. The molecule has 7 nitrogen and oxygen atoms in total. The quantitative estimate of drug-likeness (QED) is 0.590. The molecule has 1 amide bonds. The Kier molecular flexibility index (Phi) is 5.61. The normalized spacial score (nSPS) is 11.6. The van der Waals surface area contributed by atoms with Gasteiger partial charge in [-0.15, -0.1) is 0 Å². The molecule has 0 fully saturated rings. The van der Waals surface area contributed by atoms with E-state index in [4.69, 9.17) is 23.2 Å². The Morgan fingerprint density at radius 3 is 2.32 bits per heavy atom. The van der Waals surface area contributed by atoms with Crippen LogP contribution in [0.2, 0.25) is 10.0 Å². The number of carboxylic acids is 1. The van der Waals surface area contributed by atoms with Crippen molar-refractivity contribution in [3.63, 3.8) is 0 Å². The molecule has 1 unspecified atom stereocenters. The second-order valence-corrected chi connectivity index (χ2v) is 6.02. The van der Waals surface area contributed by atoms with Gasteiger partial charge in [-0.3, -0.25) is 14.9 Å². The average Bonchev–Trinajstić information content (AvgIpc) is 2.53. The highest BCUT2D eigenvalue weighted by Crippen LogP contribution is 2.30. The van der Waals surface area contributed by atoms with E-state index in [-0.39, 0.29) is 27.0 Å². The molecule has 9 heteroatoms. The lowest BCUT2D eigenvalue weighted by atomic mass is 9.99. The second kappa shape index (κ2) is 7.50. The number of hydrogen-bond donors (Lipinski definition) is 2. The van der Waals surface area contributed by atoms with Gasteiger partial charge in [0.2, 0.25) is 5.91 Å². The summed E-state index contributed by atoms with van der Waals surface area (Å²) in [7, 11) is 0. The SMILES string of the molecule is CC(C(=O)Nc1cc(Cl)cc(Cl)c1C(=O)O)c1ccc([N+](=O)[O-])cc1. The summed E-state index contributed by atoms with van der Waals surface area (Å²) in [5, 5.41) is 22.5. The summed E-state index contributed by atoms with van der Waals surface area (Å²) in [5.41, 5.74) is 0.151. The van der Waals surface area contributed by atoms with Crippen molar-refractivity contribution < 1.29 is 19.6 Å². The number of carboxylic acid groups (broad SMARTS) is 1. The Morgan fingerprint density at radius 2 is 1.80 bits per heavy atom. The van der Waals surface area contributed by atoms with Gasteiger partial charge in [0.1, 0.15) is 5.56 Å². The largest absolute Gasteiger partial charge is 0.478 e. The fraction of sp³-hybridized carbons (Fsp3) is 0.125. The van der Waals surface area contributed by atoms with E-state index in [0.717, 1.165) is 0 Å². The third-order valence-electron chi connectivity index (χ3n) is 3.52. The maximum Gasteiger partial charge on any atom is 0.339 e. The number of benzene rings is 2. The third-order valence-corrected chi connectivity index (χ3v) is 4.04. The van der Waals surface area contributed by atoms with Crippen molar-refractivity contribution in [2.24, 2.45) is 0 Å². The molecular formula is C16H12Cl2N2O5. The molecule has 0 spiro atoms. The van der Waals surface area contributed by atoms with Crippen LogP contribution in [-0.2, 0) is 4.79 Å². The Morgan fingerprint density at radius 1 is 1.20 bits per heavy atom. The number of nitrogens with one attached hydrogen (secondary N) is 1. The lowest BCUT2D eigenvalue weighted by Crippen LogP contribution is -2.20. The lowest BCUT2D eigenvalue weighted by Gasteiger charge is -2.15. The van der Waals surface area contributed by atoms with Crippen LogP contribution in [0.1, 0.15) is 28.8 Å². The molecule has 0 aromatic heterocycles. The summed E-state index contributed by atoms with van der Waals surface area (Å²) in [6, 6.07) is 8.06. The molecule has 2 aromatic carbocycles. The first kappa shape index (κ1) is 18.7. The summed E-state index contributed by atoms with van der Waals surface area (Å²) in [4.78, 5) is 33.9. The van der Waals surface area contributed by atoms with Gasteiger partial charge in [0.25, 0.3) is 5.69 Å². The van der Waals surface area contributed by atoms with Crippen LogP contribution < -0.4 is 5.32 Å². The smallest absolute Gasteiger partial charge is 0.339 e. The molecule has 2 aromatic rings. The molecule has 0 saturated heterocycles. The lowest BCUT2D eigenvalue weighted by molar-refractivity contribution is -0.384. The number of anilines is 1. The molecule has 0 aliphatic carbocycles. The van der Waals surface area contributed by atoms with E-state index >= 15 is 0 Å². The average molecular weight is 383 g/mol. The highest BCUT2D eigenvalue weighted by atomic mass is 35.5. The molecule has 0 heterocycles. The summed E-state index contributed by atoms with van der Waals surface area (Å²) in [6.45, 7) is 1.59. The van der Waals surface area contributed by atoms with Gasteiger partial charge in [0.05, 0.1) is 21.6 Å². The predicted molar refractivity (Wildman–Crippen MR) is 93.6 cm³/mol. The van der Waals surface area contributed by atoms with Gasteiger partial charge in [0.15, 0.2) is 0 Å². The number of non-ortho nitro benzene ring substituents is 1. The predicted octanol–water partition coefficient (Wildman–Crippen LogP) is 4.34. The zero-order valence-electron chi connectivity index (χ0n) is 12.8. The van der Waals surface area contributed by atoms with Crippen LogP contribution in [-0.4, -0.2) is 21.9 Å². The van der Waals surface area contributed by atoms with Crippen LogP contribution in [0.5, 0.6) is 0 Å². The number of nitrogens with zero attached hydrogens (tertiary/aromatic N) is 1. The number of aromatic carboxylic acids is 1. The molecular weight excluding hydrogens is 371 g/mol. The molecule has 0 bridgehead atoms. The Bertz CT molecular complexity index is 852. The van der Waals surface area contributed by atoms with Crippen molar-refractivity contribution in [3.8, 4) is 0 Å². The monoisotopic (exact) mass is 382 g/mol. The molecule has 0 aliphatic rings. The summed E-state index contributed by atoms with van der Waals surface area (Å²) in [6.07, 6.45) is 0. The zero-order valence-corrected chi connectivity index (χ0v) is 14.3. The summed E-state index contributed by atoms with van der Waals surface area (Å²) >= 11 is 11.7. The van der Waals surface area contributed by atoms with Crippen LogP contribution in [0.4, 0.5) is 11.4 Å². The van der Waals surface area contributed by atoms with Crippen molar-refractivity contribution in [2.45, 2.75) is 12.8 Å². The highest BCUT2D eigenvalue weighted by molar-refractivity contribution is 6.37. The summed E-state index contributed by atoms with van der Waals surface area (Å²) < 4.78 is 0. The standard InChI is InChI=1S/C16H12Cl2N2O5/c1-8(9-2-4-11(5-3-9)20(24)25)15(21)19-13-7-10(17)6-12(18)14(13)16(22)23/h2-8H,1H3,(H,19,21)(H,22,23). The Labute approximate surface area is 152 Å². The zero-order chi connectivity index (χ0) is 18.7. The number of halogens is 2. The minimum atomic E-state index is -1.31. The van der Waals surface area contributed by atoms with Crippen molar-refractivity contribution >= 4 is 46.5 Å². The van der Waals surface area contributed by atoms with E-state index in [0.29, 0.717) is 5.56 Å². The van der Waals surface area contributed by atoms with Gasteiger partial charge in [0, 0.05) is 17.2 Å². The maximum atomic E-state index is 12.4. The second-order valence-electron chi connectivity index (χ2n) is 5.17. The van der Waals surface area contributed by atoms with E-state index in [1.807, 2.05) is 0 Å². The van der Waals surface area contributed by atoms with Gasteiger partial charge in [-0.1, -0.05) is 35.3 Å². The number of nitro benzene ring substituents is 1. The number of rotatable bonds is 5. The van der Waals surface area contributed by atoms with Crippen LogP contribution in [0.25, 0.3) is 0 Å². The van der Waals surface area contributed by atoms with Gasteiger partial charge in [-0.05, 0) is 24.6 Å². The van der Waals surface area contributed by atoms with E-state index in [1.165, 1.54) is 36.4 Å². The fourth-order valence-electron chi connectivity index (χ4n) is 2.17. The molecule has 2 N–H and O–H groups in total. The molecule has 2 rings (SSSR count). The van der Waals surface area contributed by atoms with E-state index in [1.54, 1.807) is 6.92 Å². The number of nitro groups is 1. The van der Waals surface area contributed by atoms with Crippen LogP contribution in [0, 0.1) is 10.1 Å².